The maximum Gasteiger partial charge on any atom is 0.246 e. The van der Waals surface area contributed by atoms with Crippen LogP contribution in [-0.2, 0) is 11.8 Å². The number of fused-ring (bicyclic) bond motifs is 1. The largest absolute Gasteiger partial charge is 0.347 e. The molecule has 3 nitrogen and oxygen atoms in total. The summed E-state index contributed by atoms with van der Waals surface area (Å²) in [5, 5.41) is 1.25. The smallest absolute Gasteiger partial charge is 0.246 e. The molecule has 116 valence electrons. The van der Waals surface area contributed by atoms with Crippen molar-refractivity contribution in [3.05, 3.63) is 41.1 Å². The quantitative estimate of drug-likeness (QED) is 0.773. The van der Waals surface area contributed by atoms with Crippen molar-refractivity contribution in [2.24, 2.45) is 7.05 Å². The van der Waals surface area contributed by atoms with E-state index < -0.39 is 0 Å². The summed E-state index contributed by atoms with van der Waals surface area (Å²) in [6.07, 6.45) is 7.26. The zero-order chi connectivity index (χ0) is 15.7. The lowest BCUT2D eigenvalue weighted by atomic mass is 10.1. The van der Waals surface area contributed by atoms with Gasteiger partial charge in [0.15, 0.2) is 0 Å². The molecule has 1 saturated heterocycles. The third-order valence-electron chi connectivity index (χ3n) is 4.83. The number of aryl methyl sites for hydroxylation is 2. The molecular weight excluding hydrogens is 272 g/mol. The molecule has 1 aromatic heterocycles. The Morgan fingerprint density at radius 1 is 1.14 bits per heavy atom. The van der Waals surface area contributed by atoms with Gasteiger partial charge in [-0.2, -0.15) is 0 Å². The van der Waals surface area contributed by atoms with E-state index >= 15 is 0 Å². The van der Waals surface area contributed by atoms with Crippen LogP contribution in [0.3, 0.4) is 0 Å². The van der Waals surface area contributed by atoms with E-state index in [9.17, 15) is 4.79 Å². The average Bonchev–Trinajstić information content (AvgIpc) is 2.79. The molecule has 1 aromatic carbocycles. The molecule has 0 unspecified atom stereocenters. The first-order valence-corrected chi connectivity index (χ1v) is 8.11. The zero-order valence-corrected chi connectivity index (χ0v) is 13.7. The number of hydrogen-bond acceptors (Lipinski definition) is 1. The van der Waals surface area contributed by atoms with Gasteiger partial charge in [0.25, 0.3) is 0 Å². The Kier molecular flexibility index (Phi) is 4.06. The normalized spacial score (nSPS) is 15.9. The van der Waals surface area contributed by atoms with Crippen LogP contribution in [0, 0.1) is 13.8 Å². The van der Waals surface area contributed by atoms with Crippen LogP contribution in [0.15, 0.2) is 24.3 Å². The number of carbonyl (C=O) groups excluding carboxylic acids is 1. The minimum Gasteiger partial charge on any atom is -0.347 e. The molecule has 0 aliphatic carbocycles. The molecule has 1 fully saturated rings. The van der Waals surface area contributed by atoms with E-state index in [0.29, 0.717) is 0 Å². The number of likely N-dealkylation sites (tertiary alicyclic amines) is 1. The zero-order valence-electron chi connectivity index (χ0n) is 13.7. The van der Waals surface area contributed by atoms with Crippen LogP contribution in [0.1, 0.15) is 36.1 Å². The first kappa shape index (κ1) is 14.9. The molecule has 1 aliphatic heterocycles. The lowest BCUT2D eigenvalue weighted by molar-refractivity contribution is -0.126. The minimum absolute atomic E-state index is 0.143. The third kappa shape index (κ3) is 2.56. The number of piperidine rings is 1. The lowest BCUT2D eigenvalue weighted by Crippen LogP contribution is -2.34. The predicted molar refractivity (Wildman–Crippen MR) is 91.9 cm³/mol. The summed E-state index contributed by atoms with van der Waals surface area (Å²) in [7, 11) is 2.08. The lowest BCUT2D eigenvalue weighted by Gasteiger charge is -2.25. The maximum absolute atomic E-state index is 12.3. The molecule has 3 rings (SSSR count). The molecule has 0 atom stereocenters. The summed E-state index contributed by atoms with van der Waals surface area (Å²) < 4.78 is 2.20. The van der Waals surface area contributed by atoms with E-state index in [2.05, 4.69) is 43.7 Å². The van der Waals surface area contributed by atoms with Crippen molar-refractivity contribution in [3.8, 4) is 0 Å². The van der Waals surface area contributed by atoms with Gasteiger partial charge >= 0.3 is 0 Å². The van der Waals surface area contributed by atoms with Gasteiger partial charge in [0.1, 0.15) is 0 Å². The van der Waals surface area contributed by atoms with Crippen LogP contribution in [0.25, 0.3) is 17.0 Å². The van der Waals surface area contributed by atoms with E-state index in [1.54, 1.807) is 6.08 Å². The monoisotopic (exact) mass is 296 g/mol. The van der Waals surface area contributed by atoms with Crippen LogP contribution in [0.4, 0.5) is 0 Å². The van der Waals surface area contributed by atoms with E-state index in [1.807, 2.05) is 11.0 Å². The Bertz CT molecular complexity index is 733. The number of benzene rings is 1. The van der Waals surface area contributed by atoms with Crippen LogP contribution < -0.4 is 0 Å². The Hall–Kier alpha value is -2.03. The molecule has 1 amide bonds. The molecule has 0 N–H and O–H groups in total. The summed E-state index contributed by atoms with van der Waals surface area (Å²) in [4.78, 5) is 14.3. The van der Waals surface area contributed by atoms with Crippen LogP contribution in [-0.4, -0.2) is 28.5 Å². The van der Waals surface area contributed by atoms with Gasteiger partial charge in [-0.05, 0) is 50.8 Å². The molecule has 0 spiro atoms. The van der Waals surface area contributed by atoms with E-state index in [1.165, 1.54) is 34.1 Å². The number of amides is 1. The van der Waals surface area contributed by atoms with Gasteiger partial charge in [-0.3, -0.25) is 4.79 Å². The van der Waals surface area contributed by atoms with Gasteiger partial charge in [0.2, 0.25) is 5.91 Å². The fraction of sp³-hybridized carbons (Fsp3) is 0.421. The summed E-state index contributed by atoms with van der Waals surface area (Å²) in [6.45, 7) is 6.05. The SMILES string of the molecule is Cc1cccc2c1c(/C=C/C(=O)N1CCCCC1)c(C)n2C. The second-order valence-corrected chi connectivity index (χ2v) is 6.25. The van der Waals surface area contributed by atoms with Crippen molar-refractivity contribution in [2.45, 2.75) is 33.1 Å². The molecule has 0 radical (unpaired) electrons. The standard InChI is InChI=1S/C19H24N2O/c1-14-8-7-9-17-19(14)16(15(2)20(17)3)10-11-18(22)21-12-5-4-6-13-21/h7-11H,4-6,12-13H2,1-3H3/b11-10+. The molecule has 2 heterocycles. The van der Waals surface area contributed by atoms with E-state index in [0.717, 1.165) is 25.9 Å². The molecule has 1 aliphatic rings. The Morgan fingerprint density at radius 2 is 1.86 bits per heavy atom. The number of hydrogen-bond donors (Lipinski definition) is 0. The first-order valence-electron chi connectivity index (χ1n) is 8.11. The average molecular weight is 296 g/mol. The molecular formula is C19H24N2O. The fourth-order valence-electron chi connectivity index (χ4n) is 3.40. The predicted octanol–water partition coefficient (Wildman–Crippen LogP) is 3.82. The minimum atomic E-state index is 0.143. The van der Waals surface area contributed by atoms with Crippen molar-refractivity contribution >= 4 is 22.9 Å². The van der Waals surface area contributed by atoms with Crippen molar-refractivity contribution in [3.63, 3.8) is 0 Å². The Morgan fingerprint density at radius 3 is 2.59 bits per heavy atom. The summed E-state index contributed by atoms with van der Waals surface area (Å²) in [5.74, 6) is 0.143. The molecule has 0 saturated carbocycles. The fourth-order valence-corrected chi connectivity index (χ4v) is 3.40. The van der Waals surface area contributed by atoms with E-state index in [-0.39, 0.29) is 5.91 Å². The summed E-state index contributed by atoms with van der Waals surface area (Å²) in [5.41, 5.74) is 4.85. The van der Waals surface area contributed by atoms with Crippen molar-refractivity contribution in [2.75, 3.05) is 13.1 Å². The Labute approximate surface area is 132 Å². The van der Waals surface area contributed by atoms with Crippen LogP contribution >= 0.6 is 0 Å². The van der Waals surface area contributed by atoms with Gasteiger partial charge in [0.05, 0.1) is 0 Å². The van der Waals surface area contributed by atoms with Gasteiger partial charge in [-0.15, -0.1) is 0 Å². The molecule has 2 aromatic rings. The topological polar surface area (TPSA) is 25.2 Å². The van der Waals surface area contributed by atoms with Crippen molar-refractivity contribution in [1.82, 2.24) is 9.47 Å². The van der Waals surface area contributed by atoms with Gasteiger partial charge in [0, 0.05) is 48.4 Å². The van der Waals surface area contributed by atoms with Gasteiger partial charge in [-0.1, -0.05) is 12.1 Å². The molecule has 0 bridgehead atoms. The number of carbonyl (C=O) groups is 1. The number of aromatic nitrogens is 1. The maximum atomic E-state index is 12.3. The van der Waals surface area contributed by atoms with Crippen molar-refractivity contribution < 1.29 is 4.79 Å². The van der Waals surface area contributed by atoms with Crippen LogP contribution in [0.5, 0.6) is 0 Å². The second-order valence-electron chi connectivity index (χ2n) is 6.25. The first-order chi connectivity index (χ1) is 10.6. The summed E-state index contributed by atoms with van der Waals surface area (Å²) in [6, 6.07) is 6.36. The summed E-state index contributed by atoms with van der Waals surface area (Å²) >= 11 is 0. The molecule has 22 heavy (non-hydrogen) atoms. The van der Waals surface area contributed by atoms with Crippen LogP contribution in [0.2, 0.25) is 0 Å². The highest BCUT2D eigenvalue weighted by atomic mass is 16.2. The highest BCUT2D eigenvalue weighted by molar-refractivity contribution is 5.98. The van der Waals surface area contributed by atoms with Gasteiger partial charge in [-0.25, -0.2) is 0 Å². The Balaban J connectivity index is 1.95. The number of rotatable bonds is 2. The highest BCUT2D eigenvalue weighted by Gasteiger charge is 2.15. The van der Waals surface area contributed by atoms with Crippen molar-refractivity contribution in [1.29, 1.82) is 0 Å². The molecule has 3 heteroatoms. The number of nitrogens with zero attached hydrogens (tertiary/aromatic N) is 2. The third-order valence-corrected chi connectivity index (χ3v) is 4.83. The second kappa shape index (κ2) is 5.99. The van der Waals surface area contributed by atoms with E-state index in [4.69, 9.17) is 0 Å². The van der Waals surface area contributed by atoms with Gasteiger partial charge < -0.3 is 9.47 Å². The highest BCUT2D eigenvalue weighted by Crippen LogP contribution is 2.29.